The Morgan fingerprint density at radius 2 is 2.00 bits per heavy atom. The second kappa shape index (κ2) is 6.76. The fourth-order valence-corrected chi connectivity index (χ4v) is 2.61. The molecular formula is C19H19N3O3. The minimum Gasteiger partial charge on any atom is -0.493 e. The highest BCUT2D eigenvalue weighted by Crippen LogP contribution is 2.20. The lowest BCUT2D eigenvalue weighted by Gasteiger charge is -2.12. The van der Waals surface area contributed by atoms with Crippen LogP contribution in [0.4, 0.5) is 5.69 Å². The van der Waals surface area contributed by atoms with E-state index in [0.29, 0.717) is 29.3 Å². The molecule has 25 heavy (non-hydrogen) atoms. The van der Waals surface area contributed by atoms with Crippen LogP contribution in [0.5, 0.6) is 5.75 Å². The lowest BCUT2D eigenvalue weighted by atomic mass is 10.2. The molecule has 0 saturated heterocycles. The van der Waals surface area contributed by atoms with E-state index in [1.54, 1.807) is 37.4 Å². The molecule has 6 heteroatoms. The van der Waals surface area contributed by atoms with Crippen LogP contribution in [0.15, 0.2) is 47.4 Å². The van der Waals surface area contributed by atoms with E-state index >= 15 is 0 Å². The van der Waals surface area contributed by atoms with E-state index in [9.17, 15) is 9.59 Å². The number of amides is 1. The first kappa shape index (κ1) is 16.7. The normalized spacial score (nSPS) is 10.7. The fourth-order valence-electron chi connectivity index (χ4n) is 2.61. The van der Waals surface area contributed by atoms with Crippen molar-refractivity contribution in [3.8, 4) is 5.75 Å². The Labute approximate surface area is 145 Å². The smallest absolute Gasteiger partial charge is 0.281 e. The Balaban J connectivity index is 2.02. The zero-order chi connectivity index (χ0) is 18.0. The van der Waals surface area contributed by atoms with Gasteiger partial charge in [-0.1, -0.05) is 12.1 Å². The summed E-state index contributed by atoms with van der Waals surface area (Å²) >= 11 is 0. The molecular weight excluding hydrogens is 318 g/mol. The van der Waals surface area contributed by atoms with E-state index in [1.807, 2.05) is 26.0 Å². The van der Waals surface area contributed by atoms with E-state index < -0.39 is 5.91 Å². The van der Waals surface area contributed by atoms with Crippen molar-refractivity contribution in [1.82, 2.24) is 9.38 Å². The number of anilines is 1. The number of nitrogens with zero attached hydrogens (tertiary/aromatic N) is 2. The van der Waals surface area contributed by atoms with Gasteiger partial charge in [-0.15, -0.1) is 0 Å². The standard InChI is InChI=1S/C19H19N3O3/c1-4-25-15-8-6-5-7-14(15)18(23)21-17-13(3)20-16-11-12(2)9-10-22(16)19(17)24/h5-11H,4H2,1-3H3,(H,21,23). The quantitative estimate of drug-likeness (QED) is 0.794. The maximum absolute atomic E-state index is 12.7. The van der Waals surface area contributed by atoms with Crippen LogP contribution in [0.2, 0.25) is 0 Å². The van der Waals surface area contributed by atoms with Crippen molar-refractivity contribution in [2.45, 2.75) is 20.8 Å². The summed E-state index contributed by atoms with van der Waals surface area (Å²) in [5, 5.41) is 2.69. The highest BCUT2D eigenvalue weighted by molar-refractivity contribution is 6.06. The second-order valence-electron chi connectivity index (χ2n) is 5.69. The molecule has 0 aliphatic carbocycles. The van der Waals surface area contributed by atoms with Crippen LogP contribution in [0.3, 0.4) is 0 Å². The van der Waals surface area contributed by atoms with E-state index in [4.69, 9.17) is 4.74 Å². The number of carbonyl (C=O) groups is 1. The summed E-state index contributed by atoms with van der Waals surface area (Å²) in [7, 11) is 0. The molecule has 0 spiro atoms. The van der Waals surface area contributed by atoms with Crippen LogP contribution < -0.4 is 15.6 Å². The molecule has 0 radical (unpaired) electrons. The lowest BCUT2D eigenvalue weighted by molar-refractivity contribution is 0.102. The first-order valence-electron chi connectivity index (χ1n) is 8.04. The minimum atomic E-state index is -0.405. The number of pyridine rings is 1. The molecule has 0 atom stereocenters. The average molecular weight is 337 g/mol. The van der Waals surface area contributed by atoms with Gasteiger partial charge < -0.3 is 10.1 Å². The molecule has 128 valence electrons. The van der Waals surface area contributed by atoms with E-state index in [2.05, 4.69) is 10.3 Å². The number of hydrogen-bond donors (Lipinski definition) is 1. The number of benzene rings is 1. The number of ether oxygens (including phenoxy) is 1. The van der Waals surface area contributed by atoms with Gasteiger partial charge in [0, 0.05) is 6.20 Å². The van der Waals surface area contributed by atoms with Crippen LogP contribution in [-0.2, 0) is 0 Å². The van der Waals surface area contributed by atoms with Crippen molar-refractivity contribution in [2.24, 2.45) is 0 Å². The predicted molar refractivity (Wildman–Crippen MR) is 96.5 cm³/mol. The van der Waals surface area contributed by atoms with E-state index in [-0.39, 0.29) is 11.2 Å². The molecule has 1 amide bonds. The van der Waals surface area contributed by atoms with Crippen LogP contribution in [0.1, 0.15) is 28.5 Å². The number of nitrogens with one attached hydrogen (secondary N) is 1. The molecule has 2 aromatic heterocycles. The van der Waals surface area contributed by atoms with Crippen molar-refractivity contribution in [1.29, 1.82) is 0 Å². The van der Waals surface area contributed by atoms with Gasteiger partial charge in [-0.25, -0.2) is 4.98 Å². The third kappa shape index (κ3) is 3.24. The summed E-state index contributed by atoms with van der Waals surface area (Å²) in [6.45, 7) is 5.93. The van der Waals surface area contributed by atoms with Gasteiger partial charge in [0.2, 0.25) is 0 Å². The summed E-state index contributed by atoms with van der Waals surface area (Å²) in [6, 6.07) is 10.6. The highest BCUT2D eigenvalue weighted by Gasteiger charge is 2.17. The molecule has 3 rings (SSSR count). The monoisotopic (exact) mass is 337 g/mol. The molecule has 1 aromatic carbocycles. The number of aromatic nitrogens is 2. The molecule has 0 fully saturated rings. The maximum Gasteiger partial charge on any atom is 0.281 e. The summed E-state index contributed by atoms with van der Waals surface area (Å²) in [5.41, 5.74) is 2.25. The summed E-state index contributed by atoms with van der Waals surface area (Å²) in [6.07, 6.45) is 1.66. The maximum atomic E-state index is 12.7. The van der Waals surface area contributed by atoms with Crippen molar-refractivity contribution >= 4 is 17.2 Å². The summed E-state index contributed by atoms with van der Waals surface area (Å²) < 4.78 is 6.90. The minimum absolute atomic E-state index is 0.164. The Hall–Kier alpha value is -3.15. The summed E-state index contributed by atoms with van der Waals surface area (Å²) in [4.78, 5) is 29.8. The Kier molecular flexibility index (Phi) is 4.52. The van der Waals surface area contributed by atoms with Gasteiger partial charge in [-0.05, 0) is 50.6 Å². The van der Waals surface area contributed by atoms with Crippen molar-refractivity contribution in [3.63, 3.8) is 0 Å². The largest absolute Gasteiger partial charge is 0.493 e. The first-order valence-corrected chi connectivity index (χ1v) is 8.04. The van der Waals surface area contributed by atoms with Crippen molar-refractivity contribution < 1.29 is 9.53 Å². The number of hydrogen-bond acceptors (Lipinski definition) is 4. The van der Waals surface area contributed by atoms with Crippen LogP contribution in [0, 0.1) is 13.8 Å². The highest BCUT2D eigenvalue weighted by atomic mass is 16.5. The van der Waals surface area contributed by atoms with Gasteiger partial charge in [0.25, 0.3) is 11.5 Å². The molecule has 6 nitrogen and oxygen atoms in total. The van der Waals surface area contributed by atoms with E-state index in [0.717, 1.165) is 5.56 Å². The van der Waals surface area contributed by atoms with Gasteiger partial charge in [0.05, 0.1) is 17.9 Å². The number of rotatable bonds is 4. The zero-order valence-corrected chi connectivity index (χ0v) is 14.4. The number of carbonyl (C=O) groups excluding carboxylic acids is 1. The summed E-state index contributed by atoms with van der Waals surface area (Å²) in [5.74, 6) is 0.0720. The van der Waals surface area contributed by atoms with Crippen LogP contribution >= 0.6 is 0 Å². The molecule has 0 aliphatic rings. The third-order valence-corrected chi connectivity index (χ3v) is 3.84. The predicted octanol–water partition coefficient (Wildman–Crippen LogP) is 2.96. The number of aryl methyl sites for hydroxylation is 2. The molecule has 1 N–H and O–H groups in total. The second-order valence-corrected chi connectivity index (χ2v) is 5.69. The Morgan fingerprint density at radius 3 is 2.76 bits per heavy atom. The van der Waals surface area contributed by atoms with Gasteiger partial charge in [-0.3, -0.25) is 14.0 Å². The van der Waals surface area contributed by atoms with Gasteiger partial charge >= 0.3 is 0 Å². The zero-order valence-electron chi connectivity index (χ0n) is 14.4. The number of fused-ring (bicyclic) bond motifs is 1. The lowest BCUT2D eigenvalue weighted by Crippen LogP contribution is -2.25. The number of para-hydroxylation sites is 1. The Morgan fingerprint density at radius 1 is 1.24 bits per heavy atom. The molecule has 0 saturated carbocycles. The fraction of sp³-hybridized carbons (Fsp3) is 0.211. The first-order chi connectivity index (χ1) is 12.0. The average Bonchev–Trinajstić information content (AvgIpc) is 2.59. The van der Waals surface area contributed by atoms with Crippen molar-refractivity contribution in [2.75, 3.05) is 11.9 Å². The molecule has 3 aromatic rings. The van der Waals surface area contributed by atoms with Gasteiger partial charge in [0.15, 0.2) is 0 Å². The third-order valence-electron chi connectivity index (χ3n) is 3.84. The molecule has 0 bridgehead atoms. The Bertz CT molecular complexity index is 1010. The molecule has 0 unspecified atom stereocenters. The topological polar surface area (TPSA) is 72.7 Å². The molecule has 2 heterocycles. The SMILES string of the molecule is CCOc1ccccc1C(=O)Nc1c(C)nc2cc(C)ccn2c1=O. The van der Waals surface area contributed by atoms with Gasteiger partial charge in [0.1, 0.15) is 17.1 Å². The van der Waals surface area contributed by atoms with Crippen LogP contribution in [0.25, 0.3) is 5.65 Å². The van der Waals surface area contributed by atoms with Gasteiger partial charge in [-0.2, -0.15) is 0 Å². The van der Waals surface area contributed by atoms with Crippen molar-refractivity contribution in [3.05, 3.63) is 69.8 Å². The van der Waals surface area contributed by atoms with E-state index in [1.165, 1.54) is 4.40 Å². The molecule has 0 aliphatic heterocycles. The van der Waals surface area contributed by atoms with Crippen LogP contribution in [-0.4, -0.2) is 21.9 Å².